The Labute approximate surface area is 150 Å². The van der Waals surface area contributed by atoms with Gasteiger partial charge in [-0.25, -0.2) is 4.79 Å². The fraction of sp³-hybridized carbons (Fsp3) is 0.211. The van der Waals surface area contributed by atoms with Gasteiger partial charge in [0.15, 0.2) is 5.69 Å². The summed E-state index contributed by atoms with van der Waals surface area (Å²) in [4.78, 5) is 24.3. The summed E-state index contributed by atoms with van der Waals surface area (Å²) in [5.41, 5.74) is 2.82. The summed E-state index contributed by atoms with van der Waals surface area (Å²) in [6, 6.07) is 10.4. The van der Waals surface area contributed by atoms with Crippen LogP contribution in [-0.4, -0.2) is 35.8 Å². The molecule has 0 spiro atoms. The molecular formula is C19H19N3O4. The average Bonchev–Trinajstić information content (AvgIpc) is 3.06. The van der Waals surface area contributed by atoms with Gasteiger partial charge in [-0.2, -0.15) is 5.10 Å². The van der Waals surface area contributed by atoms with Crippen LogP contribution in [0.2, 0.25) is 0 Å². The summed E-state index contributed by atoms with van der Waals surface area (Å²) < 4.78 is 10.2. The summed E-state index contributed by atoms with van der Waals surface area (Å²) in [6.45, 7) is 4.37. The zero-order chi connectivity index (χ0) is 18.7. The minimum absolute atomic E-state index is 0.176. The number of methoxy groups -OCH3 is 1. The van der Waals surface area contributed by atoms with Crippen molar-refractivity contribution in [3.63, 3.8) is 0 Å². The summed E-state index contributed by atoms with van der Waals surface area (Å²) in [6.07, 6.45) is 0. The molecule has 2 N–H and O–H groups in total. The number of aromatic amines is 1. The van der Waals surface area contributed by atoms with Crippen LogP contribution in [0, 0.1) is 6.92 Å². The van der Waals surface area contributed by atoms with Crippen molar-refractivity contribution in [2.45, 2.75) is 13.8 Å². The van der Waals surface area contributed by atoms with Crippen molar-refractivity contribution in [2.75, 3.05) is 19.0 Å². The summed E-state index contributed by atoms with van der Waals surface area (Å²) >= 11 is 0. The van der Waals surface area contributed by atoms with Crippen molar-refractivity contribution in [2.24, 2.45) is 0 Å². The van der Waals surface area contributed by atoms with Crippen molar-refractivity contribution in [3.8, 4) is 5.75 Å². The first kappa shape index (κ1) is 17.5. The van der Waals surface area contributed by atoms with Crippen LogP contribution in [0.3, 0.4) is 0 Å². The Balaban J connectivity index is 1.85. The van der Waals surface area contributed by atoms with Gasteiger partial charge in [0.2, 0.25) is 0 Å². The van der Waals surface area contributed by atoms with Gasteiger partial charge in [0.25, 0.3) is 5.91 Å². The highest BCUT2D eigenvalue weighted by Crippen LogP contribution is 2.23. The number of hydrogen-bond acceptors (Lipinski definition) is 5. The smallest absolute Gasteiger partial charge is 0.359 e. The normalized spacial score (nSPS) is 10.6. The van der Waals surface area contributed by atoms with E-state index >= 15 is 0 Å². The van der Waals surface area contributed by atoms with E-state index in [0.717, 1.165) is 11.3 Å². The maximum atomic E-state index is 12.5. The predicted octanol–water partition coefficient (Wildman–Crippen LogP) is 3.31. The second-order valence-electron chi connectivity index (χ2n) is 5.69. The molecule has 134 valence electrons. The van der Waals surface area contributed by atoms with E-state index in [-0.39, 0.29) is 11.6 Å². The molecule has 0 atom stereocenters. The highest BCUT2D eigenvalue weighted by Gasteiger charge is 2.16. The topological polar surface area (TPSA) is 93.3 Å². The number of H-pyrrole nitrogens is 1. The van der Waals surface area contributed by atoms with Crippen LogP contribution >= 0.6 is 0 Å². The number of hydrogen-bond donors (Lipinski definition) is 2. The van der Waals surface area contributed by atoms with Crippen molar-refractivity contribution in [1.82, 2.24) is 10.2 Å². The molecule has 0 radical (unpaired) electrons. The van der Waals surface area contributed by atoms with Gasteiger partial charge in [0.1, 0.15) is 5.75 Å². The number of benzene rings is 2. The molecule has 0 aliphatic heterocycles. The lowest BCUT2D eigenvalue weighted by Gasteiger charge is -2.10. The molecule has 0 saturated heterocycles. The number of aromatic nitrogens is 2. The first-order valence-corrected chi connectivity index (χ1v) is 8.14. The standard InChI is InChI=1S/C19H19N3O4/c1-4-26-16-8-5-12(9-11(16)2)18(23)20-13-6-7-15-14(10-13)17(22-21-15)19(24)25-3/h5-10H,4H2,1-3H3,(H,20,23)(H,21,22). The van der Waals surface area contributed by atoms with Gasteiger partial charge in [-0.1, -0.05) is 0 Å². The Kier molecular flexibility index (Phi) is 4.88. The van der Waals surface area contributed by atoms with Crippen LogP contribution in [0.5, 0.6) is 5.75 Å². The van der Waals surface area contributed by atoms with Gasteiger partial charge in [0, 0.05) is 16.6 Å². The molecule has 3 aromatic rings. The number of anilines is 1. The van der Waals surface area contributed by atoms with E-state index in [0.29, 0.717) is 28.8 Å². The number of carbonyl (C=O) groups is 2. The molecule has 1 aromatic heterocycles. The number of nitrogens with zero attached hydrogens (tertiary/aromatic N) is 1. The Hall–Kier alpha value is -3.35. The second kappa shape index (κ2) is 7.26. The van der Waals surface area contributed by atoms with Gasteiger partial charge in [-0.05, 0) is 55.8 Å². The fourth-order valence-electron chi connectivity index (χ4n) is 2.66. The van der Waals surface area contributed by atoms with Crippen molar-refractivity contribution in [1.29, 1.82) is 0 Å². The summed E-state index contributed by atoms with van der Waals surface area (Å²) in [7, 11) is 1.29. The molecule has 0 aliphatic carbocycles. The molecule has 3 rings (SSSR count). The molecule has 0 bridgehead atoms. The van der Waals surface area contributed by atoms with Crippen LogP contribution in [0.25, 0.3) is 10.9 Å². The number of ether oxygens (including phenoxy) is 2. The fourth-order valence-corrected chi connectivity index (χ4v) is 2.66. The second-order valence-corrected chi connectivity index (χ2v) is 5.69. The molecule has 1 amide bonds. The molecule has 26 heavy (non-hydrogen) atoms. The van der Waals surface area contributed by atoms with Gasteiger partial charge in [-0.15, -0.1) is 0 Å². The average molecular weight is 353 g/mol. The molecule has 7 nitrogen and oxygen atoms in total. The van der Waals surface area contributed by atoms with Gasteiger partial charge < -0.3 is 14.8 Å². The molecule has 1 heterocycles. The molecule has 2 aromatic carbocycles. The lowest BCUT2D eigenvalue weighted by atomic mass is 10.1. The van der Waals surface area contributed by atoms with Crippen LogP contribution < -0.4 is 10.1 Å². The Morgan fingerprint density at radius 3 is 2.69 bits per heavy atom. The van der Waals surface area contributed by atoms with E-state index in [9.17, 15) is 9.59 Å². The third-order valence-corrected chi connectivity index (χ3v) is 3.94. The molecule has 0 aliphatic rings. The van der Waals surface area contributed by atoms with E-state index in [1.54, 1.807) is 36.4 Å². The summed E-state index contributed by atoms with van der Waals surface area (Å²) in [5.74, 6) is -0.0351. The number of esters is 1. The zero-order valence-corrected chi connectivity index (χ0v) is 14.8. The molecule has 0 saturated carbocycles. The Morgan fingerprint density at radius 1 is 1.19 bits per heavy atom. The Bertz CT molecular complexity index is 978. The minimum Gasteiger partial charge on any atom is -0.494 e. The van der Waals surface area contributed by atoms with Crippen molar-refractivity contribution < 1.29 is 19.1 Å². The maximum absolute atomic E-state index is 12.5. The maximum Gasteiger partial charge on any atom is 0.359 e. The van der Waals surface area contributed by atoms with E-state index in [2.05, 4.69) is 15.5 Å². The van der Waals surface area contributed by atoms with Crippen LogP contribution in [0.4, 0.5) is 5.69 Å². The number of carbonyl (C=O) groups excluding carboxylic acids is 2. The summed E-state index contributed by atoms with van der Waals surface area (Å²) in [5, 5.41) is 10.1. The van der Waals surface area contributed by atoms with Crippen molar-refractivity contribution >= 4 is 28.5 Å². The van der Waals surface area contributed by atoms with E-state index < -0.39 is 5.97 Å². The first-order valence-electron chi connectivity index (χ1n) is 8.14. The van der Waals surface area contributed by atoms with Gasteiger partial charge in [0.05, 0.1) is 19.2 Å². The highest BCUT2D eigenvalue weighted by atomic mass is 16.5. The number of fused-ring (bicyclic) bond motifs is 1. The number of nitrogens with one attached hydrogen (secondary N) is 2. The molecular weight excluding hydrogens is 334 g/mol. The number of aryl methyl sites for hydroxylation is 1. The minimum atomic E-state index is -0.540. The van der Waals surface area contributed by atoms with Crippen LogP contribution in [0.15, 0.2) is 36.4 Å². The number of amides is 1. The number of rotatable bonds is 5. The highest BCUT2D eigenvalue weighted by molar-refractivity contribution is 6.07. The third kappa shape index (κ3) is 3.37. The van der Waals surface area contributed by atoms with E-state index in [1.807, 2.05) is 13.8 Å². The van der Waals surface area contributed by atoms with Crippen LogP contribution in [0.1, 0.15) is 33.3 Å². The molecule has 0 fully saturated rings. The van der Waals surface area contributed by atoms with Gasteiger partial charge >= 0.3 is 5.97 Å². The van der Waals surface area contributed by atoms with Crippen LogP contribution in [-0.2, 0) is 4.74 Å². The quantitative estimate of drug-likeness (QED) is 0.687. The molecule has 0 unspecified atom stereocenters. The molecule has 7 heteroatoms. The van der Waals surface area contributed by atoms with E-state index in [4.69, 9.17) is 9.47 Å². The zero-order valence-electron chi connectivity index (χ0n) is 14.8. The lowest BCUT2D eigenvalue weighted by Crippen LogP contribution is -2.12. The van der Waals surface area contributed by atoms with Crippen molar-refractivity contribution in [3.05, 3.63) is 53.2 Å². The van der Waals surface area contributed by atoms with E-state index in [1.165, 1.54) is 7.11 Å². The Morgan fingerprint density at radius 2 is 2.00 bits per heavy atom. The van der Waals surface area contributed by atoms with Gasteiger partial charge in [-0.3, -0.25) is 9.89 Å². The monoisotopic (exact) mass is 353 g/mol. The first-order chi connectivity index (χ1) is 12.5. The largest absolute Gasteiger partial charge is 0.494 e. The third-order valence-electron chi connectivity index (χ3n) is 3.94. The predicted molar refractivity (Wildman–Crippen MR) is 97.7 cm³/mol. The lowest BCUT2D eigenvalue weighted by molar-refractivity contribution is 0.0596. The SMILES string of the molecule is CCOc1ccc(C(=O)Nc2ccc3[nH]nc(C(=O)OC)c3c2)cc1C.